The lowest BCUT2D eigenvalue weighted by Gasteiger charge is -2.18. The first-order valence-electron chi connectivity index (χ1n) is 5.77. The van der Waals surface area contributed by atoms with Crippen molar-refractivity contribution in [1.82, 2.24) is 0 Å². The summed E-state index contributed by atoms with van der Waals surface area (Å²) < 4.78 is 37.1. The highest BCUT2D eigenvalue weighted by Gasteiger charge is 2.27. The van der Waals surface area contributed by atoms with Gasteiger partial charge in [-0.1, -0.05) is 0 Å². The summed E-state index contributed by atoms with van der Waals surface area (Å²) in [4.78, 5) is 0. The molecular formula is C13H19F2NO2. The number of alkyl halides is 2. The second-order valence-electron chi connectivity index (χ2n) is 4.15. The predicted molar refractivity (Wildman–Crippen MR) is 66.5 cm³/mol. The number of ether oxygens (including phenoxy) is 2. The van der Waals surface area contributed by atoms with E-state index in [1.54, 1.807) is 0 Å². The van der Waals surface area contributed by atoms with Crippen LogP contribution in [0, 0.1) is 0 Å². The summed E-state index contributed by atoms with van der Waals surface area (Å²) in [6.45, 7) is 1.36. The average molecular weight is 259 g/mol. The van der Waals surface area contributed by atoms with E-state index in [0.29, 0.717) is 36.4 Å². The number of benzene rings is 1. The van der Waals surface area contributed by atoms with E-state index in [2.05, 4.69) is 0 Å². The van der Waals surface area contributed by atoms with E-state index in [9.17, 15) is 8.78 Å². The second-order valence-corrected chi connectivity index (χ2v) is 4.15. The van der Waals surface area contributed by atoms with Gasteiger partial charge in [-0.3, -0.25) is 0 Å². The molecule has 0 aromatic heterocycles. The summed E-state index contributed by atoms with van der Waals surface area (Å²) in [7, 11) is 2.93. The van der Waals surface area contributed by atoms with Crippen molar-refractivity contribution >= 4 is 0 Å². The molecule has 0 fully saturated rings. The smallest absolute Gasteiger partial charge is 0.270 e. The number of hydrogen-bond donors (Lipinski definition) is 1. The van der Waals surface area contributed by atoms with Crippen molar-refractivity contribution in [2.45, 2.75) is 25.7 Å². The SMILES string of the molecule is COc1cc(C(C)(F)F)cc(CCCN)c1OC. The number of hydrogen-bond acceptors (Lipinski definition) is 3. The van der Waals surface area contributed by atoms with Crippen molar-refractivity contribution in [3.05, 3.63) is 23.3 Å². The van der Waals surface area contributed by atoms with E-state index in [1.807, 2.05) is 0 Å². The molecule has 1 aromatic rings. The molecule has 0 saturated carbocycles. The molecule has 0 spiro atoms. The zero-order valence-corrected chi connectivity index (χ0v) is 10.9. The van der Waals surface area contributed by atoms with Crippen LogP contribution in [0.1, 0.15) is 24.5 Å². The largest absolute Gasteiger partial charge is 0.493 e. The number of nitrogens with two attached hydrogens (primary N) is 1. The van der Waals surface area contributed by atoms with Crippen molar-refractivity contribution in [2.24, 2.45) is 5.73 Å². The molecule has 0 radical (unpaired) electrons. The summed E-state index contributed by atoms with van der Waals surface area (Å²) in [6, 6.07) is 2.77. The first-order chi connectivity index (χ1) is 8.43. The molecule has 0 aliphatic carbocycles. The van der Waals surface area contributed by atoms with E-state index in [0.717, 1.165) is 6.92 Å². The molecule has 3 nitrogen and oxygen atoms in total. The Kier molecular flexibility index (Phi) is 4.90. The lowest BCUT2D eigenvalue weighted by Crippen LogP contribution is -2.10. The molecule has 0 bridgehead atoms. The van der Waals surface area contributed by atoms with Gasteiger partial charge in [-0.15, -0.1) is 0 Å². The van der Waals surface area contributed by atoms with Crippen molar-refractivity contribution in [3.8, 4) is 11.5 Å². The van der Waals surface area contributed by atoms with Gasteiger partial charge in [0.1, 0.15) is 0 Å². The molecule has 0 aliphatic heterocycles. The Hall–Kier alpha value is -1.36. The van der Waals surface area contributed by atoms with Crippen molar-refractivity contribution in [2.75, 3.05) is 20.8 Å². The van der Waals surface area contributed by atoms with Crippen LogP contribution < -0.4 is 15.2 Å². The van der Waals surface area contributed by atoms with Crippen LogP contribution in [0.5, 0.6) is 11.5 Å². The van der Waals surface area contributed by atoms with E-state index < -0.39 is 5.92 Å². The molecule has 0 unspecified atom stereocenters. The summed E-state index contributed by atoms with van der Waals surface area (Å²) >= 11 is 0. The van der Waals surface area contributed by atoms with Crippen molar-refractivity contribution in [3.63, 3.8) is 0 Å². The van der Waals surface area contributed by atoms with Crippen LogP contribution in [0.2, 0.25) is 0 Å². The van der Waals surface area contributed by atoms with Crippen LogP contribution in [0.15, 0.2) is 12.1 Å². The lowest BCUT2D eigenvalue weighted by atomic mass is 10.0. The van der Waals surface area contributed by atoms with Crippen LogP contribution in [0.3, 0.4) is 0 Å². The quantitative estimate of drug-likeness (QED) is 0.854. The lowest BCUT2D eigenvalue weighted by molar-refractivity contribution is 0.0171. The third-order valence-electron chi connectivity index (χ3n) is 2.71. The molecule has 5 heteroatoms. The van der Waals surface area contributed by atoms with Crippen LogP contribution in [0.25, 0.3) is 0 Å². The molecule has 0 aliphatic rings. The van der Waals surface area contributed by atoms with Crippen LogP contribution in [-0.4, -0.2) is 20.8 Å². The molecular weight excluding hydrogens is 240 g/mol. The first kappa shape index (κ1) is 14.7. The molecule has 0 amide bonds. The number of halogens is 2. The molecule has 2 N–H and O–H groups in total. The topological polar surface area (TPSA) is 44.5 Å². The minimum atomic E-state index is -2.91. The first-order valence-corrected chi connectivity index (χ1v) is 5.77. The second kappa shape index (κ2) is 6.00. The fourth-order valence-corrected chi connectivity index (χ4v) is 1.77. The maximum Gasteiger partial charge on any atom is 0.270 e. The Morgan fingerprint density at radius 2 is 1.89 bits per heavy atom. The molecule has 18 heavy (non-hydrogen) atoms. The van der Waals surface area contributed by atoms with Gasteiger partial charge in [-0.05, 0) is 37.1 Å². The van der Waals surface area contributed by atoms with Gasteiger partial charge >= 0.3 is 0 Å². The van der Waals surface area contributed by atoms with Gasteiger partial charge in [-0.25, -0.2) is 8.78 Å². The maximum atomic E-state index is 13.4. The predicted octanol–water partition coefficient (Wildman–Crippen LogP) is 2.71. The fraction of sp³-hybridized carbons (Fsp3) is 0.538. The Morgan fingerprint density at radius 3 is 2.33 bits per heavy atom. The molecule has 0 saturated heterocycles. The third-order valence-corrected chi connectivity index (χ3v) is 2.71. The van der Waals surface area contributed by atoms with Gasteiger partial charge in [0.15, 0.2) is 11.5 Å². The Bertz CT molecular complexity index is 403. The van der Waals surface area contributed by atoms with Gasteiger partial charge in [-0.2, -0.15) is 0 Å². The minimum Gasteiger partial charge on any atom is -0.493 e. The van der Waals surface area contributed by atoms with Crippen molar-refractivity contribution in [1.29, 1.82) is 0 Å². The Morgan fingerprint density at radius 1 is 1.22 bits per heavy atom. The number of aryl methyl sites for hydroxylation is 1. The number of methoxy groups -OCH3 is 2. The van der Waals surface area contributed by atoms with E-state index in [1.165, 1.54) is 26.4 Å². The maximum absolute atomic E-state index is 13.4. The molecule has 1 rings (SSSR count). The standard InChI is InChI=1S/C13H19F2NO2/c1-13(14,15)10-7-9(5-4-6-16)12(18-3)11(8-10)17-2/h7-8H,4-6,16H2,1-3H3. The minimum absolute atomic E-state index is 0.0767. The summed E-state index contributed by atoms with van der Waals surface area (Å²) in [5.74, 6) is -2.08. The third kappa shape index (κ3) is 3.32. The van der Waals surface area contributed by atoms with E-state index in [-0.39, 0.29) is 5.56 Å². The number of rotatable bonds is 6. The normalized spacial score (nSPS) is 11.4. The van der Waals surface area contributed by atoms with Crippen LogP contribution in [0.4, 0.5) is 8.78 Å². The fourth-order valence-electron chi connectivity index (χ4n) is 1.77. The van der Waals surface area contributed by atoms with Crippen LogP contribution >= 0.6 is 0 Å². The summed E-state index contributed by atoms with van der Waals surface area (Å²) in [6.07, 6.45) is 1.29. The van der Waals surface area contributed by atoms with Gasteiger partial charge in [0.05, 0.1) is 14.2 Å². The summed E-state index contributed by atoms with van der Waals surface area (Å²) in [5.41, 5.74) is 6.06. The van der Waals surface area contributed by atoms with Gasteiger partial charge < -0.3 is 15.2 Å². The summed E-state index contributed by atoms with van der Waals surface area (Å²) in [5, 5.41) is 0. The molecule has 0 heterocycles. The molecule has 1 aromatic carbocycles. The van der Waals surface area contributed by atoms with Crippen LogP contribution in [-0.2, 0) is 12.3 Å². The zero-order valence-electron chi connectivity index (χ0n) is 10.9. The average Bonchev–Trinajstić information content (AvgIpc) is 2.33. The molecule has 0 atom stereocenters. The van der Waals surface area contributed by atoms with Crippen molar-refractivity contribution < 1.29 is 18.3 Å². The Balaban J connectivity index is 3.26. The van der Waals surface area contributed by atoms with Gasteiger partial charge in [0, 0.05) is 12.5 Å². The zero-order chi connectivity index (χ0) is 13.8. The monoisotopic (exact) mass is 259 g/mol. The van der Waals surface area contributed by atoms with Gasteiger partial charge in [0.25, 0.3) is 5.92 Å². The van der Waals surface area contributed by atoms with Gasteiger partial charge in [0.2, 0.25) is 0 Å². The van der Waals surface area contributed by atoms with E-state index >= 15 is 0 Å². The van der Waals surface area contributed by atoms with E-state index in [4.69, 9.17) is 15.2 Å². The highest BCUT2D eigenvalue weighted by Crippen LogP contribution is 2.38. The molecule has 102 valence electrons. The highest BCUT2D eigenvalue weighted by molar-refractivity contribution is 5.50. The Labute approximate surface area is 106 Å². The highest BCUT2D eigenvalue weighted by atomic mass is 19.3.